The number of nitrogens with zero attached hydrogens (tertiary/aromatic N) is 3. The highest BCUT2D eigenvalue weighted by Gasteiger charge is 2.41. The predicted octanol–water partition coefficient (Wildman–Crippen LogP) is 4.39. The number of fused-ring (bicyclic) bond motifs is 2. The topological polar surface area (TPSA) is 81.0 Å². The highest BCUT2D eigenvalue weighted by Crippen LogP contribution is 2.38. The lowest BCUT2D eigenvalue weighted by molar-refractivity contribution is 0.0447. The van der Waals surface area contributed by atoms with E-state index >= 15 is 0 Å². The van der Waals surface area contributed by atoms with E-state index in [1.807, 2.05) is 6.92 Å². The number of alkyl halides is 1. The number of carbonyl (C=O) groups is 1. The van der Waals surface area contributed by atoms with E-state index < -0.39 is 5.82 Å². The number of hydrogen-bond donors (Lipinski definition) is 2. The number of rotatable bonds is 5. The van der Waals surface area contributed by atoms with Gasteiger partial charge in [0, 0.05) is 36.0 Å². The molecule has 5 rings (SSSR count). The fourth-order valence-electron chi connectivity index (χ4n) is 5.78. The van der Waals surface area contributed by atoms with Crippen LogP contribution in [-0.2, 0) is 0 Å². The van der Waals surface area contributed by atoms with Gasteiger partial charge in [0.25, 0.3) is 5.91 Å². The van der Waals surface area contributed by atoms with E-state index in [-0.39, 0.29) is 60.9 Å². The van der Waals surface area contributed by atoms with Crippen molar-refractivity contribution in [2.45, 2.75) is 57.7 Å². The van der Waals surface area contributed by atoms with Crippen molar-refractivity contribution < 1.29 is 18.3 Å². The van der Waals surface area contributed by atoms with Gasteiger partial charge < -0.3 is 20.4 Å². The van der Waals surface area contributed by atoms with Crippen molar-refractivity contribution >= 4 is 28.9 Å². The third-order valence-electron chi connectivity index (χ3n) is 7.52. The Morgan fingerprint density at radius 3 is 2.64 bits per heavy atom. The van der Waals surface area contributed by atoms with Gasteiger partial charge in [0.15, 0.2) is 0 Å². The van der Waals surface area contributed by atoms with Gasteiger partial charge in [0.05, 0.1) is 35.1 Å². The second-order valence-electron chi connectivity index (χ2n) is 9.89. The lowest BCUT2D eigenvalue weighted by Crippen LogP contribution is -2.47. The smallest absolute Gasteiger partial charge is 0.258 e. The first-order valence-corrected chi connectivity index (χ1v) is 12.7. The van der Waals surface area contributed by atoms with Crippen molar-refractivity contribution in [1.29, 1.82) is 5.41 Å². The molecule has 0 aliphatic carbocycles. The molecule has 3 fully saturated rings. The van der Waals surface area contributed by atoms with Gasteiger partial charge >= 0.3 is 0 Å². The zero-order chi connectivity index (χ0) is 25.6. The van der Waals surface area contributed by atoms with Gasteiger partial charge in [-0.25, -0.2) is 13.8 Å². The summed E-state index contributed by atoms with van der Waals surface area (Å²) in [4.78, 5) is 21.8. The normalized spacial score (nSPS) is 28.5. The molecule has 4 heterocycles. The summed E-state index contributed by atoms with van der Waals surface area (Å²) in [6, 6.07) is 4.46. The van der Waals surface area contributed by atoms with Gasteiger partial charge in [-0.15, -0.1) is 0 Å². The number of aliphatic imine (C=N–C) groups is 1. The first-order valence-electron chi connectivity index (χ1n) is 12.3. The standard InChI is InChI=1S/C26H30ClF2N5O2/c1-14-24(27)15(2)32-25(31-14)21-12-33(13-22(21)30)26(35)20-6-3-16(29)9-23(20)36-19-10-17-4-5-18(11-19)34(17)8-7-28/h3,6,9,17-19,30-31H,4-5,7-8,10-13H2,1-2H3/b25-21+,30-22?/t17-,18?,19+/m0/s1. The summed E-state index contributed by atoms with van der Waals surface area (Å²) in [6.45, 7) is 4.01. The molecule has 0 radical (unpaired) electrons. The summed E-state index contributed by atoms with van der Waals surface area (Å²) < 4.78 is 33.4. The van der Waals surface area contributed by atoms with Crippen LogP contribution in [0.3, 0.4) is 0 Å². The molecule has 36 heavy (non-hydrogen) atoms. The predicted molar refractivity (Wildman–Crippen MR) is 135 cm³/mol. The van der Waals surface area contributed by atoms with Crippen LogP contribution in [0.25, 0.3) is 0 Å². The molecule has 2 N–H and O–H groups in total. The van der Waals surface area contributed by atoms with Crippen LogP contribution in [-0.4, -0.2) is 71.6 Å². The molecule has 0 aromatic heterocycles. The summed E-state index contributed by atoms with van der Waals surface area (Å²) in [5.74, 6) is -0.0799. The fourth-order valence-corrected chi connectivity index (χ4v) is 5.87. The minimum Gasteiger partial charge on any atom is -0.489 e. The molecule has 2 bridgehead atoms. The number of nitrogens with one attached hydrogen (secondary N) is 2. The van der Waals surface area contributed by atoms with Crippen molar-refractivity contribution in [3.63, 3.8) is 0 Å². The molecule has 1 aromatic carbocycles. The molecule has 192 valence electrons. The molecule has 1 amide bonds. The number of allylic oxidation sites excluding steroid dienone is 2. The van der Waals surface area contributed by atoms with Crippen LogP contribution in [0, 0.1) is 11.2 Å². The average Bonchev–Trinajstić information content (AvgIpc) is 3.33. The summed E-state index contributed by atoms with van der Waals surface area (Å²) in [5.41, 5.74) is 2.56. The fraction of sp³-hybridized carbons (Fsp3) is 0.500. The number of piperidine rings is 1. The molecule has 4 aliphatic rings. The van der Waals surface area contributed by atoms with Crippen molar-refractivity contribution in [3.8, 4) is 5.75 Å². The molecule has 0 saturated carbocycles. The Hall–Kier alpha value is -2.78. The maximum absolute atomic E-state index is 14.2. The molecule has 0 spiro atoms. The molecule has 1 unspecified atom stereocenters. The van der Waals surface area contributed by atoms with Crippen molar-refractivity contribution in [2.24, 2.45) is 4.99 Å². The van der Waals surface area contributed by atoms with Crippen LogP contribution in [0.15, 0.2) is 45.3 Å². The molecule has 1 aromatic rings. The van der Waals surface area contributed by atoms with E-state index in [1.165, 1.54) is 18.2 Å². The minimum atomic E-state index is -0.480. The molecular formula is C26H30ClF2N5O2. The van der Waals surface area contributed by atoms with Crippen LogP contribution in [0.2, 0.25) is 0 Å². The van der Waals surface area contributed by atoms with Crippen LogP contribution < -0.4 is 10.1 Å². The number of hydrogen-bond acceptors (Lipinski definition) is 6. The van der Waals surface area contributed by atoms with Gasteiger partial charge in [-0.1, -0.05) is 11.6 Å². The summed E-state index contributed by atoms with van der Waals surface area (Å²) in [6.07, 6.45) is 3.29. The maximum atomic E-state index is 14.2. The molecule has 4 aliphatic heterocycles. The zero-order valence-electron chi connectivity index (χ0n) is 20.4. The van der Waals surface area contributed by atoms with Gasteiger partial charge in [-0.05, 0) is 51.7 Å². The van der Waals surface area contributed by atoms with Crippen LogP contribution >= 0.6 is 11.6 Å². The minimum absolute atomic E-state index is 0.118. The number of halogens is 3. The Balaban J connectivity index is 1.34. The van der Waals surface area contributed by atoms with Gasteiger partial charge in [0.2, 0.25) is 0 Å². The lowest BCUT2D eigenvalue weighted by Gasteiger charge is -2.38. The zero-order valence-corrected chi connectivity index (χ0v) is 21.2. The number of ether oxygens (including phenoxy) is 1. The van der Waals surface area contributed by atoms with Gasteiger partial charge in [-0.2, -0.15) is 0 Å². The van der Waals surface area contributed by atoms with Crippen molar-refractivity contribution in [3.05, 3.63) is 51.7 Å². The summed E-state index contributed by atoms with van der Waals surface area (Å²) in [5, 5.41) is 12.1. The Labute approximate surface area is 214 Å². The third-order valence-corrected chi connectivity index (χ3v) is 8.08. The van der Waals surface area contributed by atoms with Crippen LogP contribution in [0.5, 0.6) is 5.75 Å². The Kier molecular flexibility index (Phi) is 6.87. The molecule has 3 atom stereocenters. The molecule has 10 heteroatoms. The van der Waals surface area contributed by atoms with E-state index in [2.05, 4.69) is 15.2 Å². The number of amides is 1. The SMILES string of the molecule is CC1=N/C(=C2\CN(C(=O)c3ccc(F)cc3O[C@H]3CC4CC[C@@H](C3)N4CCF)CC2=N)NC(C)=C1Cl. The monoisotopic (exact) mass is 517 g/mol. The quantitative estimate of drug-likeness (QED) is 0.607. The summed E-state index contributed by atoms with van der Waals surface area (Å²) >= 11 is 6.22. The van der Waals surface area contributed by atoms with E-state index in [0.717, 1.165) is 31.4 Å². The van der Waals surface area contributed by atoms with E-state index in [0.29, 0.717) is 28.7 Å². The van der Waals surface area contributed by atoms with Crippen LogP contribution in [0.1, 0.15) is 49.9 Å². The molecule has 7 nitrogen and oxygen atoms in total. The van der Waals surface area contributed by atoms with Gasteiger partial charge in [0.1, 0.15) is 30.2 Å². The van der Waals surface area contributed by atoms with Gasteiger partial charge in [-0.3, -0.25) is 9.69 Å². The number of likely N-dealkylation sites (tertiary alicyclic amines) is 1. The maximum Gasteiger partial charge on any atom is 0.258 e. The number of benzene rings is 1. The highest BCUT2D eigenvalue weighted by molar-refractivity contribution is 6.43. The van der Waals surface area contributed by atoms with Crippen LogP contribution in [0.4, 0.5) is 8.78 Å². The second-order valence-corrected chi connectivity index (χ2v) is 10.3. The Morgan fingerprint density at radius 2 is 1.97 bits per heavy atom. The van der Waals surface area contributed by atoms with Crippen molar-refractivity contribution in [2.75, 3.05) is 26.3 Å². The van der Waals surface area contributed by atoms with E-state index in [1.54, 1.807) is 11.8 Å². The molecular weight excluding hydrogens is 488 g/mol. The van der Waals surface area contributed by atoms with E-state index in [9.17, 15) is 13.6 Å². The van der Waals surface area contributed by atoms with Crippen molar-refractivity contribution in [1.82, 2.24) is 15.1 Å². The Bertz CT molecular complexity index is 1180. The number of carbonyl (C=O) groups excluding carboxylic acids is 1. The second kappa shape index (κ2) is 9.94. The summed E-state index contributed by atoms with van der Waals surface area (Å²) in [7, 11) is 0. The highest BCUT2D eigenvalue weighted by atomic mass is 35.5. The Morgan fingerprint density at radius 1 is 1.25 bits per heavy atom. The lowest BCUT2D eigenvalue weighted by atomic mass is 9.99. The van der Waals surface area contributed by atoms with E-state index in [4.69, 9.17) is 21.7 Å². The first kappa shape index (κ1) is 24.9. The average molecular weight is 518 g/mol. The third kappa shape index (κ3) is 4.66. The largest absolute Gasteiger partial charge is 0.489 e. The first-order chi connectivity index (χ1) is 17.2. The molecule has 3 saturated heterocycles.